The predicted octanol–water partition coefficient (Wildman–Crippen LogP) is 1.32. The van der Waals surface area contributed by atoms with Crippen LogP contribution in [0.15, 0.2) is 11.2 Å². The van der Waals surface area contributed by atoms with Gasteiger partial charge in [0.2, 0.25) is 5.91 Å². The van der Waals surface area contributed by atoms with Crippen molar-refractivity contribution in [2.45, 2.75) is 31.0 Å². The Bertz CT molecular complexity index is 454. The van der Waals surface area contributed by atoms with Crippen LogP contribution in [-0.4, -0.2) is 41.3 Å². The van der Waals surface area contributed by atoms with Crippen molar-refractivity contribution in [2.75, 3.05) is 30.0 Å². The number of amides is 1. The van der Waals surface area contributed by atoms with Crippen LogP contribution in [0.4, 0.5) is 11.6 Å². The number of anilines is 2. The quantitative estimate of drug-likeness (QED) is 0.558. The van der Waals surface area contributed by atoms with Crippen LogP contribution in [0.2, 0.25) is 0 Å². The van der Waals surface area contributed by atoms with E-state index in [0.29, 0.717) is 11.0 Å². The first-order valence-corrected chi connectivity index (χ1v) is 7.66. The molecule has 7 heteroatoms. The van der Waals surface area contributed by atoms with E-state index in [4.69, 9.17) is 0 Å². The summed E-state index contributed by atoms with van der Waals surface area (Å²) in [6.45, 7) is 3.58. The molecule has 1 fully saturated rings. The predicted molar refractivity (Wildman–Crippen MR) is 77.6 cm³/mol. The first kappa shape index (κ1) is 13.9. The van der Waals surface area contributed by atoms with Gasteiger partial charge in [0.1, 0.15) is 17.7 Å². The van der Waals surface area contributed by atoms with E-state index in [0.717, 1.165) is 31.7 Å². The number of piperidine rings is 1. The van der Waals surface area contributed by atoms with Gasteiger partial charge in [0, 0.05) is 19.2 Å². The summed E-state index contributed by atoms with van der Waals surface area (Å²) in [4.78, 5) is 20.5. The van der Waals surface area contributed by atoms with Gasteiger partial charge in [0.25, 0.3) is 0 Å². The molecule has 1 aliphatic heterocycles. The van der Waals surface area contributed by atoms with Gasteiger partial charge in [-0.25, -0.2) is 9.97 Å². The summed E-state index contributed by atoms with van der Waals surface area (Å²) in [5.74, 6) is 1.51. The fourth-order valence-corrected chi connectivity index (χ4v) is 2.33. The van der Waals surface area contributed by atoms with Crippen molar-refractivity contribution in [1.29, 1.82) is 0 Å². The Labute approximate surface area is 117 Å². The third-order valence-electron chi connectivity index (χ3n) is 2.85. The monoisotopic (exact) mass is 281 g/mol. The number of aromatic nitrogens is 2. The van der Waals surface area contributed by atoms with Crippen LogP contribution in [0, 0.1) is 0 Å². The molecule has 0 spiro atoms. The summed E-state index contributed by atoms with van der Waals surface area (Å²) in [5.41, 5.74) is 0. The maximum absolute atomic E-state index is 11.7. The van der Waals surface area contributed by atoms with Gasteiger partial charge < -0.3 is 16.0 Å². The molecule has 0 aliphatic carbocycles. The Morgan fingerprint density at radius 1 is 1.47 bits per heavy atom. The summed E-state index contributed by atoms with van der Waals surface area (Å²) in [7, 11) is 0. The number of carbonyl (C=O) groups is 1. The molecular weight excluding hydrogens is 262 g/mol. The van der Waals surface area contributed by atoms with E-state index in [9.17, 15) is 4.79 Å². The van der Waals surface area contributed by atoms with Crippen molar-refractivity contribution in [3.05, 3.63) is 6.07 Å². The molecule has 1 saturated heterocycles. The van der Waals surface area contributed by atoms with Crippen LogP contribution < -0.4 is 16.0 Å². The first-order valence-electron chi connectivity index (χ1n) is 6.44. The maximum Gasteiger partial charge on any atom is 0.242 e. The molecule has 0 bridgehead atoms. The van der Waals surface area contributed by atoms with Gasteiger partial charge >= 0.3 is 0 Å². The largest absolute Gasteiger partial charge is 0.370 e. The Morgan fingerprint density at radius 2 is 2.26 bits per heavy atom. The highest BCUT2D eigenvalue weighted by Gasteiger charge is 2.22. The number of nitrogens with zero attached hydrogens (tertiary/aromatic N) is 2. The number of carbonyl (C=O) groups excluding carboxylic acids is 1. The topological polar surface area (TPSA) is 78.9 Å². The van der Waals surface area contributed by atoms with E-state index >= 15 is 0 Å². The van der Waals surface area contributed by atoms with E-state index < -0.39 is 0 Å². The van der Waals surface area contributed by atoms with Gasteiger partial charge in [-0.2, -0.15) is 0 Å². The van der Waals surface area contributed by atoms with Crippen LogP contribution >= 0.6 is 11.8 Å². The minimum atomic E-state index is -0.201. The van der Waals surface area contributed by atoms with Crippen LogP contribution in [0.3, 0.4) is 0 Å². The van der Waals surface area contributed by atoms with E-state index in [1.54, 1.807) is 0 Å². The molecule has 19 heavy (non-hydrogen) atoms. The molecule has 0 aromatic carbocycles. The fraction of sp³-hybridized carbons (Fsp3) is 0.583. The smallest absolute Gasteiger partial charge is 0.242 e. The van der Waals surface area contributed by atoms with Gasteiger partial charge in [-0.1, -0.05) is 11.8 Å². The van der Waals surface area contributed by atoms with Crippen molar-refractivity contribution in [3.8, 4) is 0 Å². The van der Waals surface area contributed by atoms with E-state index in [2.05, 4.69) is 25.9 Å². The second-order valence-electron chi connectivity index (χ2n) is 4.29. The molecule has 1 aromatic rings. The van der Waals surface area contributed by atoms with Gasteiger partial charge in [-0.05, 0) is 26.0 Å². The van der Waals surface area contributed by atoms with Crippen LogP contribution in [-0.2, 0) is 4.79 Å². The van der Waals surface area contributed by atoms with Gasteiger partial charge in [-0.15, -0.1) is 0 Å². The average Bonchev–Trinajstić information content (AvgIpc) is 2.41. The van der Waals surface area contributed by atoms with Crippen molar-refractivity contribution >= 4 is 29.3 Å². The number of hydrogen-bond donors (Lipinski definition) is 3. The fourth-order valence-electron chi connectivity index (χ4n) is 1.95. The normalized spacial score (nSPS) is 18.8. The molecule has 1 aromatic heterocycles. The molecule has 2 heterocycles. The second kappa shape index (κ2) is 6.60. The summed E-state index contributed by atoms with van der Waals surface area (Å²) in [6.07, 6.45) is 3.76. The third-order valence-corrected chi connectivity index (χ3v) is 3.40. The SMILES string of the molecule is CCNc1cc(NC2CCCNC2=O)nc(SC)n1. The van der Waals surface area contributed by atoms with Crippen molar-refractivity contribution in [3.63, 3.8) is 0 Å². The van der Waals surface area contributed by atoms with Crippen molar-refractivity contribution in [1.82, 2.24) is 15.3 Å². The molecular formula is C12H19N5OS. The first-order chi connectivity index (χ1) is 9.22. The molecule has 0 radical (unpaired) electrons. The van der Waals surface area contributed by atoms with Crippen LogP contribution in [0.25, 0.3) is 0 Å². The highest BCUT2D eigenvalue weighted by atomic mass is 32.2. The summed E-state index contributed by atoms with van der Waals surface area (Å²) in [6, 6.07) is 1.64. The number of rotatable bonds is 5. The molecule has 1 unspecified atom stereocenters. The molecule has 1 amide bonds. The lowest BCUT2D eigenvalue weighted by Crippen LogP contribution is -2.44. The maximum atomic E-state index is 11.7. The zero-order valence-corrected chi connectivity index (χ0v) is 12.0. The molecule has 1 atom stereocenters. The van der Waals surface area contributed by atoms with E-state index in [1.807, 2.05) is 19.2 Å². The summed E-state index contributed by atoms with van der Waals surface area (Å²) in [5, 5.41) is 9.90. The van der Waals surface area contributed by atoms with Gasteiger partial charge in [0.15, 0.2) is 5.16 Å². The van der Waals surface area contributed by atoms with E-state index in [1.165, 1.54) is 11.8 Å². The Kier molecular flexibility index (Phi) is 4.84. The molecule has 6 nitrogen and oxygen atoms in total. The highest BCUT2D eigenvalue weighted by Crippen LogP contribution is 2.19. The summed E-state index contributed by atoms with van der Waals surface area (Å²) < 4.78 is 0. The Balaban J connectivity index is 2.13. The molecule has 104 valence electrons. The second-order valence-corrected chi connectivity index (χ2v) is 5.06. The van der Waals surface area contributed by atoms with Gasteiger partial charge in [-0.3, -0.25) is 4.79 Å². The zero-order valence-electron chi connectivity index (χ0n) is 11.2. The summed E-state index contributed by atoms with van der Waals surface area (Å²) >= 11 is 1.48. The number of nitrogens with one attached hydrogen (secondary N) is 3. The number of thioether (sulfide) groups is 1. The van der Waals surface area contributed by atoms with Gasteiger partial charge in [0.05, 0.1) is 0 Å². The third kappa shape index (κ3) is 3.73. The molecule has 1 aliphatic rings. The zero-order chi connectivity index (χ0) is 13.7. The lowest BCUT2D eigenvalue weighted by atomic mass is 10.1. The lowest BCUT2D eigenvalue weighted by molar-refractivity contribution is -0.123. The molecule has 2 rings (SSSR count). The average molecular weight is 281 g/mol. The Morgan fingerprint density at radius 3 is 2.95 bits per heavy atom. The van der Waals surface area contributed by atoms with E-state index in [-0.39, 0.29) is 11.9 Å². The van der Waals surface area contributed by atoms with Crippen LogP contribution in [0.1, 0.15) is 19.8 Å². The molecule has 0 saturated carbocycles. The van der Waals surface area contributed by atoms with Crippen molar-refractivity contribution in [2.24, 2.45) is 0 Å². The van der Waals surface area contributed by atoms with Crippen LogP contribution in [0.5, 0.6) is 0 Å². The standard InChI is InChI=1S/C12H19N5OS/c1-3-13-9-7-10(17-12(16-9)19-2)15-8-5-4-6-14-11(8)18/h7-8H,3-6H2,1-2H3,(H,14,18)(H2,13,15,16,17). The minimum Gasteiger partial charge on any atom is -0.370 e. The lowest BCUT2D eigenvalue weighted by Gasteiger charge is -2.23. The Hall–Kier alpha value is -1.50. The minimum absolute atomic E-state index is 0.0422. The van der Waals surface area contributed by atoms with Crippen molar-refractivity contribution < 1.29 is 4.79 Å². The highest BCUT2D eigenvalue weighted by molar-refractivity contribution is 7.98. The number of hydrogen-bond acceptors (Lipinski definition) is 6. The molecule has 3 N–H and O–H groups in total.